The van der Waals surface area contributed by atoms with Crippen LogP contribution in [0, 0.1) is 0 Å². The Morgan fingerprint density at radius 2 is 1.86 bits per heavy atom. The van der Waals surface area contributed by atoms with Gasteiger partial charge in [-0.3, -0.25) is 9.36 Å². The number of hydrogen-bond donors (Lipinski definition) is 2. The fraction of sp³-hybridized carbons (Fsp3) is 0.385. The van der Waals surface area contributed by atoms with E-state index in [1.165, 1.54) is 42.3 Å². The van der Waals surface area contributed by atoms with Crippen LogP contribution in [0.3, 0.4) is 0 Å². The lowest BCUT2D eigenvalue weighted by Crippen LogP contribution is -2.37. The molecule has 0 saturated heterocycles. The number of aromatic nitrogens is 7. The number of Topliss-reactive ketones (excluding diaryl/α,β-unsaturated/α-hetero) is 1. The minimum Gasteiger partial charge on any atom is -0.493 e. The van der Waals surface area contributed by atoms with E-state index in [-0.39, 0.29) is 41.0 Å². The summed E-state index contributed by atoms with van der Waals surface area (Å²) in [6, 6.07) is 9.14. The molecule has 1 aromatic carbocycles. The van der Waals surface area contributed by atoms with Crippen molar-refractivity contribution in [3.8, 4) is 23.0 Å². The summed E-state index contributed by atoms with van der Waals surface area (Å²) in [4.78, 5) is 35.1. The van der Waals surface area contributed by atoms with Crippen molar-refractivity contribution < 1.29 is 27.8 Å². The number of rotatable bonds is 11. The fourth-order valence-corrected chi connectivity index (χ4v) is 4.06. The Bertz CT molecular complexity index is 1620. The van der Waals surface area contributed by atoms with Gasteiger partial charge in [0.2, 0.25) is 5.82 Å². The summed E-state index contributed by atoms with van der Waals surface area (Å²) in [6.07, 6.45) is -5.98. The molecule has 4 rings (SSSR count). The number of methoxy groups -OCH3 is 1. The smallest absolute Gasteiger partial charge is 0.416 e. The van der Waals surface area contributed by atoms with E-state index in [2.05, 4.69) is 20.2 Å². The third-order valence-corrected chi connectivity index (χ3v) is 6.37. The number of benzene rings is 1. The van der Waals surface area contributed by atoms with Crippen LogP contribution in [0.4, 0.5) is 13.2 Å². The molecule has 0 spiro atoms. The van der Waals surface area contributed by atoms with Crippen LogP contribution in [0.5, 0.6) is 5.75 Å². The van der Waals surface area contributed by atoms with Gasteiger partial charge in [-0.1, -0.05) is 11.6 Å². The van der Waals surface area contributed by atoms with Crippen molar-refractivity contribution >= 4 is 17.4 Å². The summed E-state index contributed by atoms with van der Waals surface area (Å²) >= 11 is 5.94. The second-order valence-corrected chi connectivity index (χ2v) is 10.6. The molecule has 0 unspecified atom stereocenters. The van der Waals surface area contributed by atoms with Crippen LogP contribution in [0.15, 0.2) is 47.4 Å². The highest BCUT2D eigenvalue weighted by Crippen LogP contribution is 2.25. The normalized spacial score (nSPS) is 12.9. The number of hydrogen-bond acceptors (Lipinski definition) is 9. The minimum absolute atomic E-state index is 0.0292. The number of aliphatic hydroxyl groups excluding tert-OH is 1. The molecule has 0 radical (unpaired) electrons. The van der Waals surface area contributed by atoms with Crippen LogP contribution in [-0.2, 0) is 13.1 Å². The summed E-state index contributed by atoms with van der Waals surface area (Å²) in [5, 5.41) is 18.7. The summed E-state index contributed by atoms with van der Waals surface area (Å²) in [5.41, 5.74) is 4.72. The van der Waals surface area contributed by atoms with Crippen molar-refractivity contribution in [1.82, 2.24) is 34.1 Å². The molecule has 3 N–H and O–H groups in total. The number of ketones is 1. The molecule has 0 fully saturated rings. The van der Waals surface area contributed by atoms with Gasteiger partial charge in [0.05, 0.1) is 13.7 Å². The fourth-order valence-electron chi connectivity index (χ4n) is 3.93. The maximum atomic E-state index is 13.3. The lowest BCUT2D eigenvalue weighted by Gasteiger charge is -2.17. The molecule has 12 nitrogen and oxygen atoms in total. The molecule has 42 heavy (non-hydrogen) atoms. The van der Waals surface area contributed by atoms with Gasteiger partial charge in [0, 0.05) is 28.7 Å². The number of ether oxygens (including phenoxy) is 1. The van der Waals surface area contributed by atoms with Gasteiger partial charge in [0.1, 0.15) is 6.54 Å². The van der Waals surface area contributed by atoms with Gasteiger partial charge in [0.15, 0.2) is 35.1 Å². The van der Waals surface area contributed by atoms with Gasteiger partial charge in [0.25, 0.3) is 0 Å². The summed E-state index contributed by atoms with van der Waals surface area (Å²) < 4.78 is 47.7. The van der Waals surface area contributed by atoms with Crippen molar-refractivity contribution in [3.05, 3.63) is 69.8 Å². The molecule has 224 valence electrons. The Hall–Kier alpha value is -4.08. The molecule has 0 aliphatic carbocycles. The van der Waals surface area contributed by atoms with Gasteiger partial charge in [-0.25, -0.2) is 19.4 Å². The van der Waals surface area contributed by atoms with E-state index in [1.807, 2.05) is 0 Å². The van der Waals surface area contributed by atoms with Crippen LogP contribution in [0.25, 0.3) is 17.2 Å². The Balaban J connectivity index is 1.79. The monoisotopic (exact) mass is 608 g/mol. The second-order valence-electron chi connectivity index (χ2n) is 10.1. The van der Waals surface area contributed by atoms with Crippen molar-refractivity contribution in [2.75, 3.05) is 7.11 Å². The second kappa shape index (κ2) is 12.0. The topological polar surface area (TPSA) is 156 Å². The number of pyridine rings is 1. The predicted molar refractivity (Wildman–Crippen MR) is 146 cm³/mol. The number of carbonyl (C=O) groups excluding carboxylic acids is 1. The molecule has 4 aromatic rings. The van der Waals surface area contributed by atoms with Gasteiger partial charge in [-0.15, -0.1) is 10.2 Å². The van der Waals surface area contributed by atoms with E-state index in [0.29, 0.717) is 16.0 Å². The van der Waals surface area contributed by atoms with Gasteiger partial charge < -0.3 is 15.6 Å². The highest BCUT2D eigenvalue weighted by Gasteiger charge is 2.39. The third-order valence-electron chi connectivity index (χ3n) is 6.12. The van der Waals surface area contributed by atoms with Crippen LogP contribution in [0.2, 0.25) is 5.02 Å². The predicted octanol–water partition coefficient (Wildman–Crippen LogP) is 3.02. The minimum atomic E-state index is -4.98. The summed E-state index contributed by atoms with van der Waals surface area (Å²) in [6.45, 7) is 2.02. The van der Waals surface area contributed by atoms with Gasteiger partial charge >= 0.3 is 11.9 Å². The largest absolute Gasteiger partial charge is 0.493 e. The van der Waals surface area contributed by atoms with Crippen LogP contribution in [-0.4, -0.2) is 69.9 Å². The molecule has 0 bridgehead atoms. The Labute approximate surface area is 242 Å². The first-order valence-corrected chi connectivity index (χ1v) is 13.0. The van der Waals surface area contributed by atoms with Crippen molar-refractivity contribution in [2.24, 2.45) is 5.73 Å². The maximum Gasteiger partial charge on any atom is 0.416 e. The van der Waals surface area contributed by atoms with Crippen LogP contribution >= 0.6 is 11.6 Å². The highest BCUT2D eigenvalue weighted by atomic mass is 35.5. The van der Waals surface area contributed by atoms with Crippen LogP contribution < -0.4 is 16.2 Å². The van der Waals surface area contributed by atoms with Gasteiger partial charge in [-0.05, 0) is 56.7 Å². The molecule has 16 heteroatoms. The van der Waals surface area contributed by atoms with E-state index >= 15 is 0 Å². The first kappa shape index (κ1) is 30.9. The Morgan fingerprint density at radius 3 is 2.48 bits per heavy atom. The van der Waals surface area contributed by atoms with Crippen molar-refractivity contribution in [3.63, 3.8) is 0 Å². The molecule has 0 amide bonds. The first-order chi connectivity index (χ1) is 19.7. The lowest BCUT2D eigenvalue weighted by molar-refractivity contribution is -0.207. The number of alkyl halides is 3. The first-order valence-electron chi connectivity index (χ1n) is 12.6. The molecular formula is C26H28ClF3N8O4. The molecular weight excluding hydrogens is 581 g/mol. The van der Waals surface area contributed by atoms with E-state index in [4.69, 9.17) is 22.1 Å². The SMILES string of the molecule is COc1cccnc1-n1nc(Cn2nc(-c3ccc(Cl)cc3)n(C[C@H](O)C(F)(F)F)c2=O)nc1C(=O)CCC(C)(C)N. The van der Waals surface area contributed by atoms with Crippen molar-refractivity contribution in [1.29, 1.82) is 0 Å². The zero-order chi connectivity index (χ0) is 30.8. The number of aliphatic hydroxyl groups is 1. The Morgan fingerprint density at radius 1 is 1.17 bits per heavy atom. The molecule has 0 saturated carbocycles. The average molecular weight is 609 g/mol. The van der Waals surface area contributed by atoms with E-state index in [9.17, 15) is 27.9 Å². The van der Waals surface area contributed by atoms with E-state index in [0.717, 1.165) is 4.68 Å². The Kier molecular flexibility index (Phi) is 8.84. The quantitative estimate of drug-likeness (QED) is 0.244. The number of nitrogens with two attached hydrogens (primary N) is 1. The van der Waals surface area contributed by atoms with Crippen molar-refractivity contribution in [2.45, 2.75) is 57.6 Å². The zero-order valence-electron chi connectivity index (χ0n) is 22.8. The number of carbonyl (C=O) groups is 1. The number of halogens is 4. The third kappa shape index (κ3) is 7.03. The highest BCUT2D eigenvalue weighted by molar-refractivity contribution is 6.30. The summed E-state index contributed by atoms with van der Waals surface area (Å²) in [5.74, 6) is -0.273. The molecule has 0 aliphatic heterocycles. The number of nitrogens with zero attached hydrogens (tertiary/aromatic N) is 7. The van der Waals surface area contributed by atoms with Crippen LogP contribution in [0.1, 0.15) is 43.1 Å². The van der Waals surface area contributed by atoms with Gasteiger partial charge in [-0.2, -0.15) is 17.9 Å². The van der Waals surface area contributed by atoms with E-state index < -0.39 is 42.4 Å². The standard InChI is InChI=1S/C26H28ClF3N8O4/c1-25(2,31)11-10-17(39)22-33-20(34-38(22)23-18(42-3)5-4-12-32-23)14-37-24(41)36(13-19(40)26(28,29)30)21(35-37)15-6-8-16(27)9-7-15/h4-9,12,19,40H,10-11,13-14,31H2,1-3H3/t19-/m0/s1. The molecule has 3 heterocycles. The summed E-state index contributed by atoms with van der Waals surface area (Å²) in [7, 11) is 1.41. The average Bonchev–Trinajstić information content (AvgIpc) is 3.48. The lowest BCUT2D eigenvalue weighted by atomic mass is 9.98. The molecule has 1 atom stereocenters. The molecule has 3 aromatic heterocycles. The molecule has 0 aliphatic rings. The van der Waals surface area contributed by atoms with E-state index in [1.54, 1.807) is 26.0 Å². The maximum absolute atomic E-state index is 13.3. The zero-order valence-corrected chi connectivity index (χ0v) is 23.6.